The molecule has 96 valence electrons. The highest BCUT2D eigenvalue weighted by Gasteiger charge is 2.11. The molecule has 1 aromatic carbocycles. The van der Waals surface area contributed by atoms with Crippen molar-refractivity contribution in [1.82, 2.24) is 4.90 Å². The Morgan fingerprint density at radius 2 is 2.06 bits per heavy atom. The molecule has 0 saturated carbocycles. The lowest BCUT2D eigenvalue weighted by atomic mass is 10.1. The lowest BCUT2D eigenvalue weighted by molar-refractivity contribution is -0.129. The van der Waals surface area contributed by atoms with Crippen LogP contribution in [0.5, 0.6) is 0 Å². The quantitative estimate of drug-likeness (QED) is 0.806. The Balaban J connectivity index is 2.65. The first kappa shape index (κ1) is 14.0. The van der Waals surface area contributed by atoms with Crippen LogP contribution in [0.1, 0.15) is 12.5 Å². The Bertz CT molecular complexity index is 455. The van der Waals surface area contributed by atoms with E-state index in [2.05, 4.69) is 11.9 Å². The van der Waals surface area contributed by atoms with Crippen molar-refractivity contribution in [3.05, 3.63) is 42.5 Å². The Morgan fingerprint density at radius 1 is 1.39 bits per heavy atom. The summed E-state index contributed by atoms with van der Waals surface area (Å²) >= 11 is 0. The van der Waals surface area contributed by atoms with Crippen molar-refractivity contribution in [1.29, 1.82) is 0 Å². The minimum Gasteiger partial charge on any atom is -0.333 e. The maximum atomic E-state index is 11.8. The van der Waals surface area contributed by atoms with Crippen molar-refractivity contribution in [2.24, 2.45) is 0 Å². The van der Waals surface area contributed by atoms with Crippen molar-refractivity contribution in [3.8, 4) is 0 Å². The summed E-state index contributed by atoms with van der Waals surface area (Å²) in [6.07, 6.45) is 2.03. The molecule has 0 spiro atoms. The molecule has 0 aliphatic carbocycles. The Hall–Kier alpha value is -2.10. The van der Waals surface area contributed by atoms with E-state index in [0.717, 1.165) is 17.7 Å². The van der Waals surface area contributed by atoms with E-state index >= 15 is 0 Å². The van der Waals surface area contributed by atoms with E-state index in [-0.39, 0.29) is 18.4 Å². The van der Waals surface area contributed by atoms with Gasteiger partial charge in [0.1, 0.15) is 0 Å². The van der Waals surface area contributed by atoms with Gasteiger partial charge in [0.15, 0.2) is 0 Å². The molecule has 4 nitrogen and oxygen atoms in total. The lowest BCUT2D eigenvalue weighted by Crippen LogP contribution is -2.33. The number of carbonyl (C=O) groups is 2. The largest absolute Gasteiger partial charge is 0.333 e. The van der Waals surface area contributed by atoms with Crippen molar-refractivity contribution >= 4 is 17.5 Å². The average molecular weight is 246 g/mol. The number of carbonyl (C=O) groups excluding carboxylic acids is 2. The number of hydrogen-bond acceptors (Lipinski definition) is 2. The van der Waals surface area contributed by atoms with Gasteiger partial charge in [0.2, 0.25) is 11.8 Å². The average Bonchev–Trinajstić information content (AvgIpc) is 2.38. The summed E-state index contributed by atoms with van der Waals surface area (Å²) in [4.78, 5) is 24.3. The van der Waals surface area contributed by atoms with Crippen LogP contribution in [-0.2, 0) is 16.0 Å². The maximum Gasteiger partial charge on any atom is 0.246 e. The van der Waals surface area contributed by atoms with Crippen LogP contribution < -0.4 is 5.32 Å². The van der Waals surface area contributed by atoms with Crippen molar-refractivity contribution in [3.63, 3.8) is 0 Å². The Kier molecular flexibility index (Phi) is 5.11. The van der Waals surface area contributed by atoms with Gasteiger partial charge in [-0.3, -0.25) is 9.59 Å². The molecule has 0 bridgehead atoms. The van der Waals surface area contributed by atoms with E-state index in [1.165, 1.54) is 11.0 Å². The fourth-order valence-corrected chi connectivity index (χ4v) is 1.59. The van der Waals surface area contributed by atoms with Gasteiger partial charge in [-0.2, -0.15) is 0 Å². The minimum atomic E-state index is -0.270. The number of nitrogens with one attached hydrogen (secondary N) is 1. The zero-order valence-electron chi connectivity index (χ0n) is 10.8. The number of likely N-dealkylation sites (N-methyl/N-ethyl adjacent to an activating group) is 1. The van der Waals surface area contributed by atoms with Crippen molar-refractivity contribution < 1.29 is 9.59 Å². The maximum absolute atomic E-state index is 11.8. The molecule has 1 rings (SSSR count). The van der Waals surface area contributed by atoms with Gasteiger partial charge >= 0.3 is 0 Å². The number of benzene rings is 1. The third kappa shape index (κ3) is 3.73. The van der Waals surface area contributed by atoms with Crippen molar-refractivity contribution in [2.45, 2.75) is 13.3 Å². The monoisotopic (exact) mass is 246 g/mol. The van der Waals surface area contributed by atoms with Crippen LogP contribution in [-0.4, -0.2) is 30.3 Å². The van der Waals surface area contributed by atoms with Gasteiger partial charge in [-0.25, -0.2) is 0 Å². The second kappa shape index (κ2) is 6.59. The van der Waals surface area contributed by atoms with Gasteiger partial charge in [0, 0.05) is 12.7 Å². The first-order valence-corrected chi connectivity index (χ1v) is 5.83. The number of anilines is 1. The summed E-state index contributed by atoms with van der Waals surface area (Å²) in [5.41, 5.74) is 1.87. The fraction of sp³-hybridized carbons (Fsp3) is 0.286. The second-order valence-electron chi connectivity index (χ2n) is 3.96. The molecule has 0 aromatic heterocycles. The summed E-state index contributed by atoms with van der Waals surface area (Å²) in [6, 6.07) is 7.62. The SMILES string of the molecule is C=CC(=O)N(C)CC(=O)Nc1ccccc1CC. The van der Waals surface area contributed by atoms with E-state index in [1.54, 1.807) is 7.05 Å². The van der Waals surface area contributed by atoms with E-state index in [0.29, 0.717) is 0 Å². The molecular formula is C14H18N2O2. The molecule has 1 aromatic rings. The molecule has 0 heterocycles. The predicted octanol–water partition coefficient (Wildman–Crippen LogP) is 1.83. The van der Waals surface area contributed by atoms with Gasteiger partial charge in [-0.15, -0.1) is 0 Å². The van der Waals surface area contributed by atoms with Gasteiger partial charge in [-0.1, -0.05) is 31.7 Å². The molecule has 2 amide bonds. The van der Waals surface area contributed by atoms with Crippen LogP contribution in [0.2, 0.25) is 0 Å². The molecule has 4 heteroatoms. The van der Waals surface area contributed by atoms with E-state index in [1.807, 2.05) is 31.2 Å². The molecular weight excluding hydrogens is 228 g/mol. The van der Waals surface area contributed by atoms with Crippen molar-refractivity contribution in [2.75, 3.05) is 18.9 Å². The summed E-state index contributed by atoms with van der Waals surface area (Å²) in [5.74, 6) is -0.484. The smallest absolute Gasteiger partial charge is 0.246 e. The zero-order valence-corrected chi connectivity index (χ0v) is 10.8. The van der Waals surface area contributed by atoms with Crippen LogP contribution in [0.3, 0.4) is 0 Å². The molecule has 0 unspecified atom stereocenters. The molecule has 18 heavy (non-hydrogen) atoms. The first-order chi connectivity index (χ1) is 8.58. The van der Waals surface area contributed by atoms with Crippen LogP contribution in [0.15, 0.2) is 36.9 Å². The molecule has 1 N–H and O–H groups in total. The van der Waals surface area contributed by atoms with Crippen LogP contribution in [0.25, 0.3) is 0 Å². The summed E-state index contributed by atoms with van der Waals surface area (Å²) < 4.78 is 0. The molecule has 0 atom stereocenters. The lowest BCUT2D eigenvalue weighted by Gasteiger charge is -2.15. The highest BCUT2D eigenvalue weighted by atomic mass is 16.2. The summed E-state index contributed by atoms with van der Waals surface area (Å²) in [6.45, 7) is 5.42. The van der Waals surface area contributed by atoms with Gasteiger partial charge in [0.05, 0.1) is 6.54 Å². The Labute approximate surface area is 107 Å². The number of nitrogens with zero attached hydrogens (tertiary/aromatic N) is 1. The molecule has 0 aliphatic heterocycles. The first-order valence-electron chi connectivity index (χ1n) is 5.83. The standard InChI is InChI=1S/C14H18N2O2/c1-4-11-8-6-7-9-12(11)15-13(17)10-16(3)14(18)5-2/h5-9H,2,4,10H2,1,3H3,(H,15,17). The normalized spacial score (nSPS) is 9.67. The van der Waals surface area contributed by atoms with Gasteiger partial charge in [0.25, 0.3) is 0 Å². The number of amides is 2. The van der Waals surface area contributed by atoms with E-state index in [4.69, 9.17) is 0 Å². The highest BCUT2D eigenvalue weighted by Crippen LogP contribution is 2.15. The molecule has 0 saturated heterocycles. The fourth-order valence-electron chi connectivity index (χ4n) is 1.59. The third-order valence-electron chi connectivity index (χ3n) is 2.60. The second-order valence-corrected chi connectivity index (χ2v) is 3.96. The van der Waals surface area contributed by atoms with Crippen LogP contribution in [0.4, 0.5) is 5.69 Å². The number of para-hydroxylation sites is 1. The zero-order chi connectivity index (χ0) is 13.5. The molecule has 0 radical (unpaired) electrons. The van der Waals surface area contributed by atoms with Gasteiger partial charge < -0.3 is 10.2 Å². The highest BCUT2D eigenvalue weighted by molar-refractivity contribution is 5.96. The topological polar surface area (TPSA) is 49.4 Å². The molecule has 0 fully saturated rings. The van der Waals surface area contributed by atoms with E-state index < -0.39 is 0 Å². The van der Waals surface area contributed by atoms with E-state index in [9.17, 15) is 9.59 Å². The van der Waals surface area contributed by atoms with Crippen LogP contribution in [0, 0.1) is 0 Å². The Morgan fingerprint density at radius 3 is 2.67 bits per heavy atom. The number of rotatable bonds is 5. The van der Waals surface area contributed by atoms with Gasteiger partial charge in [-0.05, 0) is 24.1 Å². The number of aryl methyl sites for hydroxylation is 1. The predicted molar refractivity (Wildman–Crippen MR) is 72.3 cm³/mol. The summed E-state index contributed by atoms with van der Waals surface area (Å²) in [5, 5.41) is 2.80. The van der Waals surface area contributed by atoms with Crippen LogP contribution >= 0.6 is 0 Å². The minimum absolute atomic E-state index is 0.0168. The number of hydrogen-bond donors (Lipinski definition) is 1. The molecule has 0 aliphatic rings. The summed E-state index contributed by atoms with van der Waals surface area (Å²) in [7, 11) is 1.56. The third-order valence-corrected chi connectivity index (χ3v) is 2.60.